The molecule has 1 heterocycles. The van der Waals surface area contributed by atoms with Crippen molar-refractivity contribution in [2.24, 2.45) is 0 Å². The highest BCUT2D eigenvalue weighted by Gasteiger charge is 2.33. The maximum absolute atomic E-state index is 12.2. The molecule has 2 amide bonds. The lowest BCUT2D eigenvalue weighted by Gasteiger charge is -2.22. The third kappa shape index (κ3) is 4.51. The molecule has 0 radical (unpaired) electrons. The van der Waals surface area contributed by atoms with E-state index in [2.05, 4.69) is 5.32 Å². The Kier molecular flexibility index (Phi) is 5.04. The Hall–Kier alpha value is -1.95. The maximum atomic E-state index is 12.2. The zero-order chi connectivity index (χ0) is 17.2. The molecule has 1 aliphatic rings. The number of carbonyl (C=O) groups is 2. The van der Waals surface area contributed by atoms with Crippen molar-refractivity contribution >= 4 is 29.3 Å². The average Bonchev–Trinajstić information content (AvgIpc) is 2.77. The number of amides is 2. The molecule has 1 aliphatic heterocycles. The molecule has 1 saturated heterocycles. The van der Waals surface area contributed by atoms with E-state index in [1.54, 1.807) is 43.9 Å². The van der Waals surface area contributed by atoms with Crippen LogP contribution in [-0.2, 0) is 9.53 Å². The van der Waals surface area contributed by atoms with Crippen molar-refractivity contribution in [1.82, 2.24) is 5.32 Å². The van der Waals surface area contributed by atoms with E-state index in [0.29, 0.717) is 23.0 Å². The summed E-state index contributed by atoms with van der Waals surface area (Å²) in [6, 6.07) is 4.84. The molecule has 1 atom stereocenters. The van der Waals surface area contributed by atoms with Gasteiger partial charge in [0.25, 0.3) is 0 Å². The summed E-state index contributed by atoms with van der Waals surface area (Å²) in [5, 5.41) is 3.20. The number of carbonyl (C=O) groups excluding carboxylic acids is 2. The highest BCUT2D eigenvalue weighted by molar-refractivity contribution is 6.32. The minimum Gasteiger partial charge on any atom is -0.495 e. The van der Waals surface area contributed by atoms with Crippen LogP contribution in [0.2, 0.25) is 5.02 Å². The van der Waals surface area contributed by atoms with Gasteiger partial charge in [-0.25, -0.2) is 4.79 Å². The lowest BCUT2D eigenvalue weighted by atomic mass is 10.2. The van der Waals surface area contributed by atoms with E-state index in [1.165, 1.54) is 7.11 Å². The lowest BCUT2D eigenvalue weighted by Crippen LogP contribution is -2.40. The van der Waals surface area contributed by atoms with E-state index >= 15 is 0 Å². The number of nitrogens with one attached hydrogen (secondary N) is 1. The van der Waals surface area contributed by atoms with Crippen LogP contribution in [0.3, 0.4) is 0 Å². The first-order chi connectivity index (χ1) is 10.7. The third-order valence-corrected chi connectivity index (χ3v) is 3.60. The summed E-state index contributed by atoms with van der Waals surface area (Å²) in [5.41, 5.74) is 0.111. The highest BCUT2D eigenvalue weighted by atomic mass is 35.5. The van der Waals surface area contributed by atoms with Crippen molar-refractivity contribution in [3.05, 3.63) is 23.2 Å². The van der Waals surface area contributed by atoms with Crippen LogP contribution in [0.1, 0.15) is 27.2 Å². The van der Waals surface area contributed by atoms with Crippen molar-refractivity contribution in [3.63, 3.8) is 0 Å². The van der Waals surface area contributed by atoms with Gasteiger partial charge in [-0.1, -0.05) is 11.6 Å². The summed E-state index contributed by atoms with van der Waals surface area (Å²) in [4.78, 5) is 25.6. The van der Waals surface area contributed by atoms with Crippen LogP contribution in [0.4, 0.5) is 10.5 Å². The molecule has 0 spiro atoms. The smallest absolute Gasteiger partial charge is 0.407 e. The van der Waals surface area contributed by atoms with Crippen LogP contribution in [0.5, 0.6) is 5.75 Å². The largest absolute Gasteiger partial charge is 0.495 e. The van der Waals surface area contributed by atoms with Crippen molar-refractivity contribution < 1.29 is 19.1 Å². The molecule has 6 nitrogen and oxygen atoms in total. The van der Waals surface area contributed by atoms with Crippen molar-refractivity contribution in [2.45, 2.75) is 38.8 Å². The second-order valence-corrected chi connectivity index (χ2v) is 6.78. The number of benzene rings is 1. The SMILES string of the molecule is COc1cc(N2CC(NC(=O)OC(C)(C)C)CC2=O)ccc1Cl. The molecule has 126 valence electrons. The molecular weight excluding hydrogens is 320 g/mol. The van der Waals surface area contributed by atoms with E-state index in [1.807, 2.05) is 0 Å². The minimum atomic E-state index is -0.573. The van der Waals surface area contributed by atoms with Crippen LogP contribution in [0.15, 0.2) is 18.2 Å². The molecule has 0 bridgehead atoms. The summed E-state index contributed by atoms with van der Waals surface area (Å²) in [7, 11) is 1.52. The number of hydrogen-bond acceptors (Lipinski definition) is 4. The highest BCUT2D eigenvalue weighted by Crippen LogP contribution is 2.31. The van der Waals surface area contributed by atoms with Crippen LogP contribution < -0.4 is 15.0 Å². The third-order valence-electron chi connectivity index (χ3n) is 3.29. The van der Waals surface area contributed by atoms with Crippen LogP contribution in [0.25, 0.3) is 0 Å². The van der Waals surface area contributed by atoms with Crippen LogP contribution in [0, 0.1) is 0 Å². The number of rotatable bonds is 3. The van der Waals surface area contributed by atoms with Crippen molar-refractivity contribution in [1.29, 1.82) is 0 Å². The molecule has 2 rings (SSSR count). The summed E-state index contributed by atoms with van der Waals surface area (Å²) in [5.74, 6) is 0.427. The van der Waals surface area contributed by atoms with Gasteiger partial charge in [-0.15, -0.1) is 0 Å². The number of ether oxygens (including phenoxy) is 2. The number of alkyl carbamates (subject to hydrolysis) is 1. The zero-order valence-corrected chi connectivity index (χ0v) is 14.4. The number of methoxy groups -OCH3 is 1. The quantitative estimate of drug-likeness (QED) is 0.918. The number of halogens is 1. The van der Waals surface area contributed by atoms with Gasteiger partial charge in [0.05, 0.1) is 18.2 Å². The fourth-order valence-electron chi connectivity index (χ4n) is 2.34. The molecule has 0 saturated carbocycles. The molecule has 1 aromatic rings. The van der Waals surface area contributed by atoms with Crippen LogP contribution in [-0.4, -0.2) is 37.3 Å². The molecule has 1 aromatic carbocycles. The molecular formula is C16H21ClN2O4. The second-order valence-electron chi connectivity index (χ2n) is 6.37. The van der Waals surface area contributed by atoms with Crippen LogP contribution >= 0.6 is 11.6 Å². The normalized spacial score (nSPS) is 18.0. The van der Waals surface area contributed by atoms with E-state index in [9.17, 15) is 9.59 Å². The standard InChI is InChI=1S/C16H21ClN2O4/c1-16(2,3)23-15(21)18-10-7-14(20)19(9-10)11-5-6-12(17)13(8-11)22-4/h5-6,8,10H,7,9H2,1-4H3,(H,18,21). The summed E-state index contributed by atoms with van der Waals surface area (Å²) < 4.78 is 10.4. The Bertz CT molecular complexity index is 613. The van der Waals surface area contributed by atoms with E-state index in [0.717, 1.165) is 0 Å². The number of anilines is 1. The summed E-state index contributed by atoms with van der Waals surface area (Å²) >= 11 is 6.00. The van der Waals surface area contributed by atoms with Crippen molar-refractivity contribution in [2.75, 3.05) is 18.6 Å². The lowest BCUT2D eigenvalue weighted by molar-refractivity contribution is -0.117. The van der Waals surface area contributed by atoms with Crippen molar-refractivity contribution in [3.8, 4) is 5.75 Å². The van der Waals surface area contributed by atoms with Gasteiger partial charge in [0.15, 0.2) is 0 Å². The Morgan fingerprint density at radius 3 is 2.70 bits per heavy atom. The predicted molar refractivity (Wildman–Crippen MR) is 88.1 cm³/mol. The molecule has 0 aromatic heterocycles. The van der Waals surface area contributed by atoms with E-state index in [4.69, 9.17) is 21.1 Å². The van der Waals surface area contributed by atoms with E-state index in [-0.39, 0.29) is 18.4 Å². The monoisotopic (exact) mass is 340 g/mol. The Balaban J connectivity index is 2.04. The van der Waals surface area contributed by atoms with Gasteiger partial charge >= 0.3 is 6.09 Å². The Morgan fingerprint density at radius 2 is 2.09 bits per heavy atom. The maximum Gasteiger partial charge on any atom is 0.407 e. The van der Waals surface area contributed by atoms with Gasteiger partial charge in [-0.05, 0) is 32.9 Å². The van der Waals surface area contributed by atoms with Gasteiger partial charge in [-0.2, -0.15) is 0 Å². The molecule has 1 N–H and O–H groups in total. The van der Waals surface area contributed by atoms with Gasteiger partial charge in [-0.3, -0.25) is 4.79 Å². The Morgan fingerprint density at radius 1 is 1.39 bits per heavy atom. The van der Waals surface area contributed by atoms with Gasteiger partial charge in [0.1, 0.15) is 11.4 Å². The average molecular weight is 341 g/mol. The zero-order valence-electron chi connectivity index (χ0n) is 13.7. The fraction of sp³-hybridized carbons (Fsp3) is 0.500. The molecule has 23 heavy (non-hydrogen) atoms. The first-order valence-corrected chi connectivity index (χ1v) is 7.71. The molecule has 1 unspecified atom stereocenters. The van der Waals surface area contributed by atoms with E-state index < -0.39 is 11.7 Å². The topological polar surface area (TPSA) is 67.9 Å². The summed E-state index contributed by atoms with van der Waals surface area (Å²) in [6.07, 6.45) is -0.296. The fourth-order valence-corrected chi connectivity index (χ4v) is 2.54. The molecule has 7 heteroatoms. The van der Waals surface area contributed by atoms with Gasteiger partial charge in [0, 0.05) is 24.7 Å². The molecule has 1 fully saturated rings. The first-order valence-electron chi connectivity index (χ1n) is 7.33. The first kappa shape index (κ1) is 17.4. The molecule has 0 aliphatic carbocycles. The predicted octanol–water partition coefficient (Wildman–Crippen LogP) is 2.98. The second kappa shape index (κ2) is 6.66. The minimum absolute atomic E-state index is 0.0737. The van der Waals surface area contributed by atoms with Gasteiger partial charge < -0.3 is 19.7 Å². The van der Waals surface area contributed by atoms with Gasteiger partial charge in [0.2, 0.25) is 5.91 Å². The number of hydrogen-bond donors (Lipinski definition) is 1. The number of nitrogens with zero attached hydrogens (tertiary/aromatic N) is 1. The summed E-state index contributed by atoms with van der Waals surface area (Å²) in [6.45, 7) is 5.75. The Labute approximate surface area is 140 Å².